The number of carbonyl (C=O) groups excluding carboxylic acids is 1. The number of esters is 1. The first-order valence-electron chi connectivity index (χ1n) is 12.8. The van der Waals surface area contributed by atoms with Crippen molar-refractivity contribution in [3.05, 3.63) is 118 Å². The van der Waals surface area contributed by atoms with Crippen LogP contribution in [-0.4, -0.2) is 32.0 Å². The highest BCUT2D eigenvalue weighted by atomic mass is 32.2. The highest BCUT2D eigenvalue weighted by Gasteiger charge is 2.33. The molecule has 42 heavy (non-hydrogen) atoms. The number of carbonyl (C=O) groups is 1. The molecule has 4 aromatic rings. The first kappa shape index (κ1) is 29.0. The van der Waals surface area contributed by atoms with Gasteiger partial charge in [-0.15, -0.1) is 0 Å². The Morgan fingerprint density at radius 3 is 2.48 bits per heavy atom. The Labute approximate surface area is 247 Å². The molecule has 0 saturated carbocycles. The topological polar surface area (TPSA) is 130 Å². The van der Waals surface area contributed by atoms with Crippen molar-refractivity contribution in [1.29, 1.82) is 0 Å². The van der Waals surface area contributed by atoms with Gasteiger partial charge in [0.1, 0.15) is 5.82 Å². The molecule has 0 N–H and O–H groups in total. The summed E-state index contributed by atoms with van der Waals surface area (Å²) in [6.45, 7) is 7.10. The molecule has 214 valence electrons. The Kier molecular flexibility index (Phi) is 8.14. The lowest BCUT2D eigenvalue weighted by Crippen LogP contribution is -2.39. The number of nitrogens with zero attached hydrogens (tertiary/aromatic N) is 5. The standard InChI is InChI=1S/C29H24FN5O5S2/c1-5-40-27(37)24-17(4)33-29-34(25(24)19-7-9-20(30)10-8-19)26(36)23(42-29)14-18-6-11-22(21(13-18)35(38)39)41-28-31-15(2)12-16(3)32-28/h6-14,25H,5H2,1-4H3/b23-14+/t25-/m1/s1. The number of rotatable bonds is 7. The van der Waals surface area contributed by atoms with Gasteiger partial charge in [0.15, 0.2) is 9.96 Å². The van der Waals surface area contributed by atoms with Crippen molar-refractivity contribution in [2.45, 2.75) is 43.8 Å². The lowest BCUT2D eigenvalue weighted by atomic mass is 9.96. The Morgan fingerprint density at radius 1 is 1.14 bits per heavy atom. The smallest absolute Gasteiger partial charge is 0.338 e. The second kappa shape index (κ2) is 11.8. The van der Waals surface area contributed by atoms with E-state index < -0.39 is 28.3 Å². The van der Waals surface area contributed by atoms with Crippen LogP contribution in [0.2, 0.25) is 0 Å². The maximum atomic E-state index is 13.8. The fraction of sp³-hybridized carbons (Fsp3) is 0.207. The molecule has 0 aliphatic carbocycles. The lowest BCUT2D eigenvalue weighted by molar-refractivity contribution is -0.387. The van der Waals surface area contributed by atoms with Gasteiger partial charge >= 0.3 is 5.97 Å². The highest BCUT2D eigenvalue weighted by molar-refractivity contribution is 7.99. The van der Waals surface area contributed by atoms with E-state index in [1.165, 1.54) is 34.9 Å². The van der Waals surface area contributed by atoms with Gasteiger partial charge < -0.3 is 4.74 Å². The molecule has 0 radical (unpaired) electrons. The van der Waals surface area contributed by atoms with Crippen LogP contribution in [0.25, 0.3) is 6.08 Å². The monoisotopic (exact) mass is 605 g/mol. The molecule has 5 rings (SSSR count). The van der Waals surface area contributed by atoms with Crippen LogP contribution in [0.1, 0.15) is 42.4 Å². The fourth-order valence-corrected chi connectivity index (χ4v) is 6.59. The molecule has 0 spiro atoms. The molecule has 2 aromatic heterocycles. The summed E-state index contributed by atoms with van der Waals surface area (Å²) in [6, 6.07) is 11.1. The third-order valence-corrected chi connectivity index (χ3v) is 8.26. The molecule has 2 aromatic carbocycles. The van der Waals surface area contributed by atoms with Gasteiger partial charge in [-0.25, -0.2) is 24.1 Å². The van der Waals surface area contributed by atoms with Gasteiger partial charge in [0.05, 0.1) is 38.3 Å². The zero-order chi connectivity index (χ0) is 30.1. The number of hydrogen-bond donors (Lipinski definition) is 0. The molecular formula is C29H24FN5O5S2. The average molecular weight is 606 g/mol. The van der Waals surface area contributed by atoms with E-state index in [0.29, 0.717) is 31.7 Å². The maximum Gasteiger partial charge on any atom is 0.338 e. The number of thiazole rings is 1. The van der Waals surface area contributed by atoms with Crippen molar-refractivity contribution < 1.29 is 18.8 Å². The van der Waals surface area contributed by atoms with E-state index in [4.69, 9.17) is 4.74 Å². The average Bonchev–Trinajstić information content (AvgIpc) is 3.22. The number of aryl methyl sites for hydroxylation is 2. The minimum absolute atomic E-state index is 0.124. The fourth-order valence-electron chi connectivity index (χ4n) is 4.59. The van der Waals surface area contributed by atoms with Crippen molar-refractivity contribution >= 4 is 40.8 Å². The summed E-state index contributed by atoms with van der Waals surface area (Å²) in [5.41, 5.74) is 2.37. The number of nitro groups is 1. The van der Waals surface area contributed by atoms with E-state index in [0.717, 1.165) is 34.5 Å². The minimum atomic E-state index is -0.894. The van der Waals surface area contributed by atoms with E-state index >= 15 is 0 Å². The quantitative estimate of drug-likeness (QED) is 0.131. The minimum Gasteiger partial charge on any atom is -0.463 e. The second-order valence-corrected chi connectivity index (χ2v) is 11.4. The van der Waals surface area contributed by atoms with Gasteiger partial charge in [-0.05, 0) is 80.9 Å². The number of nitro benzene ring substituents is 1. The van der Waals surface area contributed by atoms with Crippen molar-refractivity contribution in [3.63, 3.8) is 0 Å². The molecule has 13 heteroatoms. The van der Waals surface area contributed by atoms with Gasteiger partial charge in [0.2, 0.25) is 0 Å². The molecule has 1 atom stereocenters. The predicted octanol–water partition coefficient (Wildman–Crippen LogP) is 4.40. The first-order valence-corrected chi connectivity index (χ1v) is 14.4. The Bertz CT molecular complexity index is 1930. The van der Waals surface area contributed by atoms with E-state index in [1.54, 1.807) is 32.1 Å². The van der Waals surface area contributed by atoms with Gasteiger partial charge in [-0.2, -0.15) is 0 Å². The molecule has 1 aliphatic heterocycles. The summed E-state index contributed by atoms with van der Waals surface area (Å²) in [5.74, 6) is -1.09. The van der Waals surface area contributed by atoms with Crippen LogP contribution in [0.4, 0.5) is 10.1 Å². The predicted molar refractivity (Wildman–Crippen MR) is 156 cm³/mol. The second-order valence-electron chi connectivity index (χ2n) is 9.37. The Morgan fingerprint density at radius 2 is 1.83 bits per heavy atom. The molecule has 0 unspecified atom stereocenters. The van der Waals surface area contributed by atoms with Crippen molar-refractivity contribution in [2.24, 2.45) is 4.99 Å². The summed E-state index contributed by atoms with van der Waals surface area (Å²) < 4.78 is 20.6. The number of hydrogen-bond acceptors (Lipinski definition) is 10. The van der Waals surface area contributed by atoms with E-state index in [-0.39, 0.29) is 22.4 Å². The normalized spacial score (nSPS) is 14.9. The maximum absolute atomic E-state index is 13.8. The lowest BCUT2D eigenvalue weighted by Gasteiger charge is -2.24. The van der Waals surface area contributed by atoms with Crippen LogP contribution >= 0.6 is 23.1 Å². The molecular weight excluding hydrogens is 581 g/mol. The van der Waals surface area contributed by atoms with Crippen molar-refractivity contribution in [1.82, 2.24) is 14.5 Å². The van der Waals surface area contributed by atoms with Gasteiger partial charge in [0, 0.05) is 17.5 Å². The van der Waals surface area contributed by atoms with E-state index in [1.807, 2.05) is 19.9 Å². The zero-order valence-corrected chi connectivity index (χ0v) is 24.6. The number of aromatic nitrogens is 3. The van der Waals surface area contributed by atoms with Crippen molar-refractivity contribution in [3.8, 4) is 0 Å². The third kappa shape index (κ3) is 5.78. The summed E-state index contributed by atoms with van der Waals surface area (Å²) in [5, 5.41) is 12.4. The van der Waals surface area contributed by atoms with Crippen LogP contribution in [0.5, 0.6) is 0 Å². The number of allylic oxidation sites excluding steroid dienone is 1. The van der Waals surface area contributed by atoms with Crippen LogP contribution in [-0.2, 0) is 9.53 Å². The molecule has 1 aliphatic rings. The molecule has 0 amide bonds. The largest absolute Gasteiger partial charge is 0.463 e. The molecule has 0 fully saturated rings. The van der Waals surface area contributed by atoms with Crippen LogP contribution in [0.15, 0.2) is 79.6 Å². The molecule has 0 bridgehead atoms. The molecule has 3 heterocycles. The van der Waals surface area contributed by atoms with Gasteiger partial charge in [-0.3, -0.25) is 19.5 Å². The summed E-state index contributed by atoms with van der Waals surface area (Å²) in [6.07, 6.45) is 1.55. The molecule has 10 nitrogen and oxygen atoms in total. The summed E-state index contributed by atoms with van der Waals surface area (Å²) >= 11 is 2.17. The number of benzene rings is 2. The van der Waals surface area contributed by atoms with Crippen LogP contribution in [0, 0.1) is 29.8 Å². The number of fused-ring (bicyclic) bond motifs is 1. The number of halogens is 1. The number of ether oxygens (including phenoxy) is 1. The van der Waals surface area contributed by atoms with Gasteiger partial charge in [-0.1, -0.05) is 29.5 Å². The zero-order valence-electron chi connectivity index (χ0n) is 23.0. The summed E-state index contributed by atoms with van der Waals surface area (Å²) in [4.78, 5) is 52.1. The van der Waals surface area contributed by atoms with Crippen LogP contribution in [0.3, 0.4) is 0 Å². The SMILES string of the molecule is CCOC(=O)C1=C(C)N=c2s/c(=C/c3ccc(Sc4nc(C)cc(C)n4)c([N+](=O)[O-])c3)c(=O)n2[C@@H]1c1ccc(F)cc1. The first-order chi connectivity index (χ1) is 20.0. The van der Waals surface area contributed by atoms with Crippen molar-refractivity contribution in [2.75, 3.05) is 6.61 Å². The van der Waals surface area contributed by atoms with Crippen LogP contribution < -0.4 is 14.9 Å². The Hall–Kier alpha value is -4.49. The van der Waals surface area contributed by atoms with E-state index in [2.05, 4.69) is 15.0 Å². The van der Waals surface area contributed by atoms with E-state index in [9.17, 15) is 24.1 Å². The van der Waals surface area contributed by atoms with Gasteiger partial charge in [0.25, 0.3) is 11.2 Å². The highest BCUT2D eigenvalue weighted by Crippen LogP contribution is 2.34. The Balaban J connectivity index is 1.61. The third-order valence-electron chi connectivity index (χ3n) is 6.34. The summed E-state index contributed by atoms with van der Waals surface area (Å²) in [7, 11) is 0. The molecule has 0 saturated heterocycles.